The Hall–Kier alpha value is -0.0800. The first kappa shape index (κ1) is 14.0. The number of aliphatic hydroxyl groups is 1. The van der Waals surface area contributed by atoms with Gasteiger partial charge in [-0.05, 0) is 32.2 Å². The van der Waals surface area contributed by atoms with Gasteiger partial charge in [-0.3, -0.25) is 0 Å². The zero-order chi connectivity index (χ0) is 11.5. The molecule has 0 radical (unpaired) electrons. The van der Waals surface area contributed by atoms with Gasteiger partial charge in [0.1, 0.15) is 0 Å². The average molecular weight is 227 g/mol. The second kappa shape index (κ2) is 10.1. The first-order valence-corrected chi connectivity index (χ1v) is 7.27. The molecule has 0 atom stereocenters. The van der Waals surface area contributed by atoms with Gasteiger partial charge in [0, 0.05) is 12.6 Å². The van der Waals surface area contributed by atoms with Gasteiger partial charge in [-0.2, -0.15) is 0 Å². The maximum absolute atomic E-state index is 8.67. The van der Waals surface area contributed by atoms with Crippen LogP contribution in [0.2, 0.25) is 0 Å². The normalized spacial score (nSPS) is 19.3. The molecule has 0 amide bonds. The van der Waals surface area contributed by atoms with E-state index < -0.39 is 0 Å². The zero-order valence-electron chi connectivity index (χ0n) is 10.7. The fourth-order valence-electron chi connectivity index (χ4n) is 2.56. The summed E-state index contributed by atoms with van der Waals surface area (Å²) in [5.41, 5.74) is 0. The van der Waals surface area contributed by atoms with E-state index in [0.717, 1.165) is 12.5 Å². The second-order valence-corrected chi connectivity index (χ2v) is 5.13. The Kier molecular flexibility index (Phi) is 8.83. The Morgan fingerprint density at radius 1 is 0.812 bits per heavy atom. The topological polar surface area (TPSA) is 32.3 Å². The van der Waals surface area contributed by atoms with Gasteiger partial charge in [0.2, 0.25) is 0 Å². The van der Waals surface area contributed by atoms with Crippen LogP contribution in [0.5, 0.6) is 0 Å². The van der Waals surface area contributed by atoms with E-state index >= 15 is 0 Å². The summed E-state index contributed by atoms with van der Waals surface area (Å²) in [4.78, 5) is 0. The van der Waals surface area contributed by atoms with E-state index in [4.69, 9.17) is 5.11 Å². The fourth-order valence-corrected chi connectivity index (χ4v) is 2.56. The van der Waals surface area contributed by atoms with Crippen LogP contribution in [0.25, 0.3) is 0 Å². The van der Waals surface area contributed by atoms with Crippen molar-refractivity contribution in [3.05, 3.63) is 0 Å². The minimum atomic E-state index is 0.357. The van der Waals surface area contributed by atoms with Crippen LogP contribution in [-0.2, 0) is 0 Å². The molecule has 0 aromatic rings. The van der Waals surface area contributed by atoms with E-state index in [0.29, 0.717) is 6.61 Å². The van der Waals surface area contributed by atoms with Crippen LogP contribution in [0.4, 0.5) is 0 Å². The zero-order valence-corrected chi connectivity index (χ0v) is 10.7. The molecule has 96 valence electrons. The van der Waals surface area contributed by atoms with Crippen molar-refractivity contribution in [2.24, 2.45) is 0 Å². The van der Waals surface area contributed by atoms with E-state index in [2.05, 4.69) is 5.32 Å². The van der Waals surface area contributed by atoms with Gasteiger partial charge >= 0.3 is 0 Å². The molecule has 1 rings (SSSR count). The summed E-state index contributed by atoms with van der Waals surface area (Å²) in [6.07, 6.45) is 14.6. The van der Waals surface area contributed by atoms with Gasteiger partial charge in [-0.15, -0.1) is 0 Å². The van der Waals surface area contributed by atoms with E-state index in [1.54, 1.807) is 0 Å². The van der Waals surface area contributed by atoms with Crippen LogP contribution in [0.15, 0.2) is 0 Å². The molecule has 2 heteroatoms. The Bertz CT molecular complexity index is 142. The van der Waals surface area contributed by atoms with E-state index in [1.807, 2.05) is 0 Å². The summed E-state index contributed by atoms with van der Waals surface area (Å²) in [6.45, 7) is 1.53. The number of hydrogen-bond acceptors (Lipinski definition) is 2. The van der Waals surface area contributed by atoms with Crippen LogP contribution in [0, 0.1) is 0 Å². The SMILES string of the molecule is OCCCCCCNC1CCCCCCC1. The van der Waals surface area contributed by atoms with E-state index in [9.17, 15) is 0 Å². The summed E-state index contributed by atoms with van der Waals surface area (Å²) in [5.74, 6) is 0. The summed E-state index contributed by atoms with van der Waals surface area (Å²) in [7, 11) is 0. The number of hydrogen-bond donors (Lipinski definition) is 2. The molecule has 0 saturated heterocycles. The molecule has 1 aliphatic carbocycles. The Balaban J connectivity index is 1.93. The molecule has 0 heterocycles. The van der Waals surface area contributed by atoms with Crippen molar-refractivity contribution in [2.75, 3.05) is 13.2 Å². The highest BCUT2D eigenvalue weighted by Gasteiger charge is 2.09. The third-order valence-electron chi connectivity index (χ3n) is 3.62. The molecular formula is C14H29NO. The Morgan fingerprint density at radius 2 is 1.44 bits per heavy atom. The molecule has 1 aliphatic rings. The maximum atomic E-state index is 8.67. The van der Waals surface area contributed by atoms with Crippen LogP contribution < -0.4 is 5.32 Å². The highest BCUT2D eigenvalue weighted by atomic mass is 16.2. The molecule has 0 aromatic carbocycles. The standard InChI is InChI=1S/C14H29NO/c16-13-9-5-4-8-12-15-14-10-6-2-1-3-7-11-14/h14-16H,1-13H2. The number of unbranched alkanes of at least 4 members (excludes halogenated alkanes) is 3. The van der Waals surface area contributed by atoms with Gasteiger partial charge < -0.3 is 10.4 Å². The van der Waals surface area contributed by atoms with Gasteiger partial charge in [0.05, 0.1) is 0 Å². The predicted octanol–water partition coefficient (Wildman–Crippen LogP) is 3.24. The minimum absolute atomic E-state index is 0.357. The summed E-state index contributed by atoms with van der Waals surface area (Å²) in [6, 6.07) is 0.790. The summed E-state index contributed by atoms with van der Waals surface area (Å²) in [5, 5.41) is 12.4. The predicted molar refractivity (Wildman–Crippen MR) is 69.7 cm³/mol. The molecule has 0 aliphatic heterocycles. The molecule has 2 N–H and O–H groups in total. The maximum Gasteiger partial charge on any atom is 0.0431 e. The quantitative estimate of drug-likeness (QED) is 0.654. The Labute approximate surface area is 101 Å². The van der Waals surface area contributed by atoms with E-state index in [-0.39, 0.29) is 0 Å². The summed E-state index contributed by atoms with van der Waals surface area (Å²) < 4.78 is 0. The van der Waals surface area contributed by atoms with Crippen molar-refractivity contribution >= 4 is 0 Å². The third kappa shape index (κ3) is 7.24. The van der Waals surface area contributed by atoms with Crippen molar-refractivity contribution < 1.29 is 5.11 Å². The lowest BCUT2D eigenvalue weighted by atomic mass is 9.96. The Morgan fingerprint density at radius 3 is 2.12 bits per heavy atom. The molecule has 0 spiro atoms. The van der Waals surface area contributed by atoms with Gasteiger partial charge in [-0.25, -0.2) is 0 Å². The van der Waals surface area contributed by atoms with Crippen LogP contribution in [0.1, 0.15) is 70.6 Å². The molecule has 1 saturated carbocycles. The van der Waals surface area contributed by atoms with Gasteiger partial charge in [0.25, 0.3) is 0 Å². The molecule has 0 unspecified atom stereocenters. The average Bonchev–Trinajstić information content (AvgIpc) is 2.25. The molecular weight excluding hydrogens is 198 g/mol. The molecule has 0 aromatic heterocycles. The third-order valence-corrected chi connectivity index (χ3v) is 3.62. The number of nitrogens with one attached hydrogen (secondary N) is 1. The van der Waals surface area contributed by atoms with Crippen molar-refractivity contribution in [1.82, 2.24) is 5.32 Å². The van der Waals surface area contributed by atoms with Crippen LogP contribution in [-0.4, -0.2) is 24.3 Å². The lowest BCUT2D eigenvalue weighted by Gasteiger charge is -2.21. The summed E-state index contributed by atoms with van der Waals surface area (Å²) >= 11 is 0. The molecule has 2 nitrogen and oxygen atoms in total. The smallest absolute Gasteiger partial charge is 0.0431 e. The van der Waals surface area contributed by atoms with Crippen molar-refractivity contribution in [3.63, 3.8) is 0 Å². The highest BCUT2D eigenvalue weighted by molar-refractivity contribution is 4.69. The van der Waals surface area contributed by atoms with Crippen molar-refractivity contribution in [2.45, 2.75) is 76.7 Å². The monoisotopic (exact) mass is 227 g/mol. The van der Waals surface area contributed by atoms with Crippen molar-refractivity contribution in [1.29, 1.82) is 0 Å². The fraction of sp³-hybridized carbons (Fsp3) is 1.00. The van der Waals surface area contributed by atoms with Gasteiger partial charge in [-0.1, -0.05) is 44.9 Å². The van der Waals surface area contributed by atoms with Crippen LogP contribution in [0.3, 0.4) is 0 Å². The first-order chi connectivity index (χ1) is 7.93. The highest BCUT2D eigenvalue weighted by Crippen LogP contribution is 2.17. The first-order valence-electron chi connectivity index (χ1n) is 7.27. The molecule has 16 heavy (non-hydrogen) atoms. The lowest BCUT2D eigenvalue weighted by Crippen LogP contribution is -2.30. The van der Waals surface area contributed by atoms with Gasteiger partial charge in [0.15, 0.2) is 0 Å². The number of aliphatic hydroxyl groups excluding tert-OH is 1. The van der Waals surface area contributed by atoms with E-state index in [1.165, 1.54) is 70.8 Å². The number of rotatable bonds is 7. The second-order valence-electron chi connectivity index (χ2n) is 5.13. The molecule has 1 fully saturated rings. The van der Waals surface area contributed by atoms with Crippen LogP contribution >= 0.6 is 0 Å². The lowest BCUT2D eigenvalue weighted by molar-refractivity contribution is 0.282. The van der Waals surface area contributed by atoms with Crippen molar-refractivity contribution in [3.8, 4) is 0 Å². The minimum Gasteiger partial charge on any atom is -0.396 e. The molecule has 0 bridgehead atoms. The largest absolute Gasteiger partial charge is 0.396 e.